The molecule has 0 radical (unpaired) electrons. The minimum absolute atomic E-state index is 0.00711. The van der Waals surface area contributed by atoms with E-state index in [-0.39, 0.29) is 17.9 Å². The predicted octanol–water partition coefficient (Wildman–Crippen LogP) is 3.42. The molecular weight excluding hydrogens is 269 g/mol. The smallest absolute Gasteiger partial charge is 0.343 e. The van der Waals surface area contributed by atoms with Crippen molar-refractivity contribution in [2.45, 2.75) is 6.61 Å². The van der Waals surface area contributed by atoms with E-state index in [4.69, 9.17) is 22.1 Å². The minimum Gasteiger partial charge on any atom is -0.457 e. The molecule has 0 saturated heterocycles. The van der Waals surface area contributed by atoms with Crippen molar-refractivity contribution in [3.05, 3.63) is 64.4 Å². The van der Waals surface area contributed by atoms with E-state index >= 15 is 0 Å². The highest BCUT2D eigenvalue weighted by Crippen LogP contribution is 2.18. The first-order valence-electron chi connectivity index (χ1n) is 5.53. The van der Waals surface area contributed by atoms with Crippen LogP contribution in [0.15, 0.2) is 42.5 Å². The van der Waals surface area contributed by atoms with Gasteiger partial charge in [-0.1, -0.05) is 29.8 Å². The molecule has 0 aliphatic heterocycles. The fourth-order valence-electron chi connectivity index (χ4n) is 1.60. The third-order valence-electron chi connectivity index (χ3n) is 2.51. The SMILES string of the molecule is Nc1cccc(F)c1C(=O)OCc1cccc(Cl)c1. The van der Waals surface area contributed by atoms with E-state index in [2.05, 4.69) is 0 Å². The van der Waals surface area contributed by atoms with Crippen molar-refractivity contribution in [2.24, 2.45) is 0 Å². The molecule has 19 heavy (non-hydrogen) atoms. The number of nitrogens with two attached hydrogens (primary N) is 1. The Kier molecular flexibility index (Phi) is 4.02. The minimum atomic E-state index is -0.796. The average molecular weight is 280 g/mol. The molecular formula is C14H11ClFNO2. The van der Waals surface area contributed by atoms with Gasteiger partial charge in [0, 0.05) is 10.7 Å². The first kappa shape index (κ1) is 13.4. The molecule has 2 rings (SSSR count). The Morgan fingerprint density at radius 3 is 2.68 bits per heavy atom. The number of ether oxygens (including phenoxy) is 1. The van der Waals surface area contributed by atoms with Gasteiger partial charge in [-0.15, -0.1) is 0 Å². The summed E-state index contributed by atoms with van der Waals surface area (Å²) in [5.41, 5.74) is 6.08. The van der Waals surface area contributed by atoms with E-state index < -0.39 is 11.8 Å². The number of rotatable bonds is 3. The number of benzene rings is 2. The highest BCUT2D eigenvalue weighted by atomic mass is 35.5. The summed E-state index contributed by atoms with van der Waals surface area (Å²) in [5, 5.41) is 0.541. The Balaban J connectivity index is 2.10. The highest BCUT2D eigenvalue weighted by molar-refractivity contribution is 6.30. The Labute approximate surface area is 114 Å². The first-order valence-corrected chi connectivity index (χ1v) is 5.91. The normalized spacial score (nSPS) is 10.2. The number of hydrogen-bond acceptors (Lipinski definition) is 3. The number of hydrogen-bond donors (Lipinski definition) is 1. The number of carbonyl (C=O) groups is 1. The Bertz CT molecular complexity index is 596. The Hall–Kier alpha value is -2.07. The molecule has 0 amide bonds. The molecule has 0 aliphatic rings. The maximum atomic E-state index is 13.5. The quantitative estimate of drug-likeness (QED) is 0.692. The fourth-order valence-corrected chi connectivity index (χ4v) is 1.82. The molecule has 0 saturated carbocycles. The first-order chi connectivity index (χ1) is 9.08. The van der Waals surface area contributed by atoms with Crippen molar-refractivity contribution in [1.82, 2.24) is 0 Å². The number of nitrogen functional groups attached to an aromatic ring is 1. The van der Waals surface area contributed by atoms with Crippen molar-refractivity contribution in [3.8, 4) is 0 Å². The van der Waals surface area contributed by atoms with Gasteiger partial charge in [-0.2, -0.15) is 0 Å². The van der Waals surface area contributed by atoms with Crippen LogP contribution >= 0.6 is 11.6 Å². The summed E-state index contributed by atoms with van der Waals surface area (Å²) in [6.07, 6.45) is 0. The number of anilines is 1. The van der Waals surface area contributed by atoms with E-state index in [1.54, 1.807) is 24.3 Å². The summed E-state index contributed by atoms with van der Waals surface area (Å²) in [6.45, 7) is 0.00711. The summed E-state index contributed by atoms with van der Waals surface area (Å²) in [4.78, 5) is 11.8. The van der Waals surface area contributed by atoms with Gasteiger partial charge < -0.3 is 10.5 Å². The van der Waals surface area contributed by atoms with E-state index in [1.165, 1.54) is 12.1 Å². The van der Waals surface area contributed by atoms with Gasteiger partial charge in [-0.3, -0.25) is 0 Å². The molecule has 0 fully saturated rings. The van der Waals surface area contributed by atoms with Crippen molar-refractivity contribution in [3.63, 3.8) is 0 Å². The maximum absolute atomic E-state index is 13.5. The van der Waals surface area contributed by atoms with Crippen LogP contribution in [0.4, 0.5) is 10.1 Å². The van der Waals surface area contributed by atoms with Gasteiger partial charge in [-0.05, 0) is 29.8 Å². The molecule has 0 spiro atoms. The molecule has 2 N–H and O–H groups in total. The zero-order valence-corrected chi connectivity index (χ0v) is 10.7. The molecule has 0 unspecified atom stereocenters. The summed E-state index contributed by atoms with van der Waals surface area (Å²) in [5.74, 6) is -1.49. The second-order valence-corrected chi connectivity index (χ2v) is 4.35. The average Bonchev–Trinajstić information content (AvgIpc) is 2.36. The summed E-state index contributed by atoms with van der Waals surface area (Å²) in [6, 6.07) is 10.9. The third-order valence-corrected chi connectivity index (χ3v) is 2.74. The molecule has 2 aromatic rings. The molecule has 0 aliphatic carbocycles. The largest absolute Gasteiger partial charge is 0.457 e. The molecule has 98 valence electrons. The van der Waals surface area contributed by atoms with Crippen molar-refractivity contribution < 1.29 is 13.9 Å². The van der Waals surface area contributed by atoms with Crippen molar-refractivity contribution in [2.75, 3.05) is 5.73 Å². The van der Waals surface area contributed by atoms with E-state index in [1.807, 2.05) is 0 Å². The summed E-state index contributed by atoms with van der Waals surface area (Å²) in [7, 11) is 0. The highest BCUT2D eigenvalue weighted by Gasteiger charge is 2.16. The van der Waals surface area contributed by atoms with Crippen LogP contribution in [0.3, 0.4) is 0 Å². The molecule has 3 nitrogen and oxygen atoms in total. The standard InChI is InChI=1S/C14H11ClFNO2/c15-10-4-1-3-9(7-10)8-19-14(18)13-11(16)5-2-6-12(13)17/h1-7H,8,17H2. The Morgan fingerprint density at radius 1 is 1.26 bits per heavy atom. The van der Waals surface area contributed by atoms with Gasteiger partial charge in [0.1, 0.15) is 18.0 Å². The lowest BCUT2D eigenvalue weighted by atomic mass is 10.1. The third kappa shape index (κ3) is 3.23. The van der Waals surface area contributed by atoms with Crippen LogP contribution < -0.4 is 5.73 Å². The Morgan fingerprint density at radius 2 is 2.00 bits per heavy atom. The van der Waals surface area contributed by atoms with Gasteiger partial charge in [-0.25, -0.2) is 9.18 Å². The van der Waals surface area contributed by atoms with Gasteiger partial charge >= 0.3 is 5.97 Å². The second kappa shape index (κ2) is 5.71. The summed E-state index contributed by atoms with van der Waals surface area (Å²) >= 11 is 5.81. The van der Waals surface area contributed by atoms with Gasteiger partial charge in [0.2, 0.25) is 0 Å². The van der Waals surface area contributed by atoms with Gasteiger partial charge in [0.05, 0.1) is 0 Å². The fraction of sp³-hybridized carbons (Fsp3) is 0.0714. The number of carbonyl (C=O) groups excluding carboxylic acids is 1. The topological polar surface area (TPSA) is 52.3 Å². The number of halogens is 2. The molecule has 0 bridgehead atoms. The van der Waals surface area contributed by atoms with Crippen LogP contribution in [0.2, 0.25) is 5.02 Å². The van der Waals surface area contributed by atoms with Crippen molar-refractivity contribution >= 4 is 23.3 Å². The number of esters is 1. The van der Waals surface area contributed by atoms with Crippen LogP contribution in [-0.2, 0) is 11.3 Å². The molecule has 0 heterocycles. The van der Waals surface area contributed by atoms with E-state index in [9.17, 15) is 9.18 Å². The monoisotopic (exact) mass is 279 g/mol. The lowest BCUT2D eigenvalue weighted by molar-refractivity contribution is 0.0468. The maximum Gasteiger partial charge on any atom is 0.343 e. The molecule has 2 aromatic carbocycles. The molecule has 0 atom stereocenters. The van der Waals surface area contributed by atoms with E-state index in [0.29, 0.717) is 5.02 Å². The van der Waals surface area contributed by atoms with Gasteiger partial charge in [0.15, 0.2) is 0 Å². The van der Waals surface area contributed by atoms with E-state index in [0.717, 1.165) is 11.6 Å². The second-order valence-electron chi connectivity index (χ2n) is 3.91. The van der Waals surface area contributed by atoms with Crippen LogP contribution in [0.25, 0.3) is 0 Å². The lowest BCUT2D eigenvalue weighted by Gasteiger charge is -2.08. The van der Waals surface area contributed by atoms with Gasteiger partial charge in [0.25, 0.3) is 0 Å². The van der Waals surface area contributed by atoms with Crippen LogP contribution in [-0.4, -0.2) is 5.97 Å². The predicted molar refractivity (Wildman–Crippen MR) is 71.4 cm³/mol. The zero-order valence-electron chi connectivity index (χ0n) is 9.90. The van der Waals surface area contributed by atoms with Crippen LogP contribution in [0, 0.1) is 5.82 Å². The molecule has 5 heteroatoms. The van der Waals surface area contributed by atoms with Crippen molar-refractivity contribution in [1.29, 1.82) is 0 Å². The molecule has 0 aromatic heterocycles. The lowest BCUT2D eigenvalue weighted by Crippen LogP contribution is -2.10. The van der Waals surface area contributed by atoms with Crippen LogP contribution in [0.1, 0.15) is 15.9 Å². The summed E-state index contributed by atoms with van der Waals surface area (Å²) < 4.78 is 18.5. The van der Waals surface area contributed by atoms with Crippen LogP contribution in [0.5, 0.6) is 0 Å². The zero-order chi connectivity index (χ0) is 13.8.